The standard InChI is InChI=1S/C11H13N3O/c1-8-12-10(11(15)14(2)13-8)9-6-4-3-5-7-9/h3-7,10H,1-2H3,(H,12,13). The molecule has 4 heteroatoms. The Hall–Kier alpha value is -1.84. The molecule has 78 valence electrons. The molecule has 2 rings (SSSR count). The number of nitrogens with one attached hydrogen (secondary N) is 1. The maximum absolute atomic E-state index is 11.8. The third-order valence-corrected chi connectivity index (χ3v) is 2.33. The normalized spacial score (nSPS) is 20.9. The largest absolute Gasteiger partial charge is 0.284 e. The summed E-state index contributed by atoms with van der Waals surface area (Å²) in [6.45, 7) is 1.85. The van der Waals surface area contributed by atoms with E-state index in [2.05, 4.69) is 10.4 Å². The minimum Gasteiger partial charge on any atom is -0.284 e. The highest BCUT2D eigenvalue weighted by Crippen LogP contribution is 2.21. The Labute approximate surface area is 88.6 Å². The minimum absolute atomic E-state index is 0.0354. The Morgan fingerprint density at radius 2 is 2.00 bits per heavy atom. The van der Waals surface area contributed by atoms with Crippen molar-refractivity contribution in [1.29, 1.82) is 0 Å². The summed E-state index contributed by atoms with van der Waals surface area (Å²) < 4.78 is 0. The Bertz CT molecular complexity index is 400. The fourth-order valence-corrected chi connectivity index (χ4v) is 1.61. The molecule has 0 spiro atoms. The molecule has 1 heterocycles. The van der Waals surface area contributed by atoms with Gasteiger partial charge in [0.15, 0.2) is 6.04 Å². The molecule has 1 aromatic rings. The quantitative estimate of drug-likeness (QED) is 0.743. The van der Waals surface area contributed by atoms with Gasteiger partial charge in [-0.25, -0.2) is 0 Å². The van der Waals surface area contributed by atoms with Crippen LogP contribution in [0.1, 0.15) is 18.5 Å². The highest BCUT2D eigenvalue weighted by atomic mass is 16.2. The number of hydrazine groups is 1. The first-order chi connectivity index (χ1) is 7.18. The molecule has 1 aromatic carbocycles. The van der Waals surface area contributed by atoms with Gasteiger partial charge in [-0.1, -0.05) is 30.3 Å². The van der Waals surface area contributed by atoms with Crippen molar-refractivity contribution >= 4 is 11.7 Å². The zero-order valence-corrected chi connectivity index (χ0v) is 8.77. The molecule has 0 aliphatic carbocycles. The van der Waals surface area contributed by atoms with Crippen molar-refractivity contribution in [2.75, 3.05) is 7.05 Å². The van der Waals surface area contributed by atoms with E-state index in [-0.39, 0.29) is 5.91 Å². The lowest BCUT2D eigenvalue weighted by molar-refractivity contribution is -0.133. The van der Waals surface area contributed by atoms with E-state index >= 15 is 0 Å². The lowest BCUT2D eigenvalue weighted by Gasteiger charge is -2.28. The van der Waals surface area contributed by atoms with Gasteiger partial charge in [0, 0.05) is 7.05 Å². The molecule has 0 fully saturated rings. The number of rotatable bonds is 1. The molecule has 0 radical (unpaired) electrons. The summed E-state index contributed by atoms with van der Waals surface area (Å²) in [6, 6.07) is 9.18. The number of amidine groups is 1. The van der Waals surface area contributed by atoms with Crippen molar-refractivity contribution in [2.45, 2.75) is 13.0 Å². The number of nitrogens with zero attached hydrogens (tertiary/aromatic N) is 2. The van der Waals surface area contributed by atoms with E-state index in [9.17, 15) is 4.79 Å². The van der Waals surface area contributed by atoms with Gasteiger partial charge in [0.25, 0.3) is 5.91 Å². The monoisotopic (exact) mass is 203 g/mol. The van der Waals surface area contributed by atoms with Crippen LogP contribution >= 0.6 is 0 Å². The van der Waals surface area contributed by atoms with Crippen molar-refractivity contribution in [1.82, 2.24) is 10.4 Å². The number of aliphatic imine (C=N–C) groups is 1. The van der Waals surface area contributed by atoms with Crippen LogP contribution in [-0.2, 0) is 4.79 Å². The van der Waals surface area contributed by atoms with E-state index in [1.165, 1.54) is 5.01 Å². The molecule has 0 aromatic heterocycles. The van der Waals surface area contributed by atoms with Gasteiger partial charge in [-0.3, -0.25) is 20.2 Å². The second-order valence-electron chi connectivity index (χ2n) is 3.54. The smallest absolute Gasteiger partial charge is 0.270 e. The van der Waals surface area contributed by atoms with Gasteiger partial charge in [0.05, 0.1) is 0 Å². The summed E-state index contributed by atoms with van der Waals surface area (Å²) in [6.07, 6.45) is 0. The van der Waals surface area contributed by atoms with Gasteiger partial charge in [-0.15, -0.1) is 0 Å². The zero-order valence-electron chi connectivity index (χ0n) is 8.77. The molecule has 15 heavy (non-hydrogen) atoms. The molecule has 1 aliphatic rings. The number of hydrogen-bond donors (Lipinski definition) is 1. The van der Waals surface area contributed by atoms with Crippen LogP contribution in [0, 0.1) is 0 Å². The van der Waals surface area contributed by atoms with Crippen LogP contribution < -0.4 is 5.43 Å². The molecular weight excluding hydrogens is 190 g/mol. The summed E-state index contributed by atoms with van der Waals surface area (Å²) in [5.41, 5.74) is 3.79. The molecule has 1 unspecified atom stereocenters. The average molecular weight is 203 g/mol. The highest BCUT2D eigenvalue weighted by Gasteiger charge is 2.27. The van der Waals surface area contributed by atoms with E-state index in [0.717, 1.165) is 11.4 Å². The predicted octanol–water partition coefficient (Wildman–Crippen LogP) is 1.12. The second-order valence-corrected chi connectivity index (χ2v) is 3.54. The lowest BCUT2D eigenvalue weighted by Crippen LogP contribution is -2.48. The zero-order chi connectivity index (χ0) is 10.8. The van der Waals surface area contributed by atoms with Crippen LogP contribution in [0.5, 0.6) is 0 Å². The molecule has 1 N–H and O–H groups in total. The van der Waals surface area contributed by atoms with Crippen molar-refractivity contribution in [3.8, 4) is 0 Å². The number of carbonyl (C=O) groups is 1. The van der Waals surface area contributed by atoms with Crippen LogP contribution in [0.25, 0.3) is 0 Å². The lowest BCUT2D eigenvalue weighted by atomic mass is 10.1. The highest BCUT2D eigenvalue weighted by molar-refractivity contribution is 5.92. The second kappa shape index (κ2) is 3.73. The fraction of sp³-hybridized carbons (Fsp3) is 0.273. The molecular formula is C11H13N3O. The van der Waals surface area contributed by atoms with Crippen LogP contribution in [0.2, 0.25) is 0 Å². The first kappa shape index (κ1) is 9.71. The Kier molecular flexibility index (Phi) is 2.41. The predicted molar refractivity (Wildman–Crippen MR) is 58.2 cm³/mol. The number of carbonyl (C=O) groups excluding carboxylic acids is 1. The first-order valence-corrected chi connectivity index (χ1v) is 4.82. The first-order valence-electron chi connectivity index (χ1n) is 4.82. The third kappa shape index (κ3) is 1.83. The van der Waals surface area contributed by atoms with Gasteiger partial charge < -0.3 is 0 Å². The maximum atomic E-state index is 11.8. The van der Waals surface area contributed by atoms with Crippen LogP contribution in [0.15, 0.2) is 35.3 Å². The van der Waals surface area contributed by atoms with Gasteiger partial charge in [-0.2, -0.15) is 0 Å². The molecule has 0 saturated heterocycles. The Morgan fingerprint density at radius 1 is 1.33 bits per heavy atom. The minimum atomic E-state index is -0.405. The van der Waals surface area contributed by atoms with E-state index in [1.54, 1.807) is 7.05 Å². The van der Waals surface area contributed by atoms with Crippen LogP contribution in [0.3, 0.4) is 0 Å². The van der Waals surface area contributed by atoms with Crippen LogP contribution in [-0.4, -0.2) is 23.8 Å². The molecule has 0 bridgehead atoms. The summed E-state index contributed by atoms with van der Waals surface area (Å²) >= 11 is 0. The summed E-state index contributed by atoms with van der Waals surface area (Å²) in [5, 5.41) is 1.47. The van der Waals surface area contributed by atoms with E-state index < -0.39 is 6.04 Å². The molecule has 1 amide bonds. The average Bonchev–Trinajstić information content (AvgIpc) is 2.24. The number of likely N-dealkylation sites (N-methyl/N-ethyl adjacent to an activating group) is 1. The number of amides is 1. The van der Waals surface area contributed by atoms with Gasteiger partial charge in [-0.05, 0) is 12.5 Å². The van der Waals surface area contributed by atoms with Crippen molar-refractivity contribution in [2.24, 2.45) is 4.99 Å². The van der Waals surface area contributed by atoms with E-state index in [1.807, 2.05) is 37.3 Å². The maximum Gasteiger partial charge on any atom is 0.270 e. The molecule has 4 nitrogen and oxygen atoms in total. The SMILES string of the molecule is CC1=NC(c2ccccc2)C(=O)N(C)N1. The Morgan fingerprint density at radius 3 is 2.67 bits per heavy atom. The van der Waals surface area contributed by atoms with Crippen molar-refractivity contribution in [3.05, 3.63) is 35.9 Å². The van der Waals surface area contributed by atoms with E-state index in [4.69, 9.17) is 0 Å². The van der Waals surface area contributed by atoms with Crippen molar-refractivity contribution < 1.29 is 4.79 Å². The summed E-state index contributed by atoms with van der Waals surface area (Å²) in [7, 11) is 1.70. The molecule has 1 aliphatic heterocycles. The summed E-state index contributed by atoms with van der Waals surface area (Å²) in [5.74, 6) is 0.720. The Balaban J connectivity index is 2.36. The molecule has 0 saturated carbocycles. The van der Waals surface area contributed by atoms with Gasteiger partial charge in [0.1, 0.15) is 5.84 Å². The van der Waals surface area contributed by atoms with E-state index in [0.29, 0.717) is 0 Å². The van der Waals surface area contributed by atoms with Crippen LogP contribution in [0.4, 0.5) is 0 Å². The fourth-order valence-electron chi connectivity index (χ4n) is 1.61. The third-order valence-electron chi connectivity index (χ3n) is 2.33. The number of benzene rings is 1. The summed E-state index contributed by atoms with van der Waals surface area (Å²) in [4.78, 5) is 16.1. The number of hydrogen-bond acceptors (Lipinski definition) is 3. The van der Waals surface area contributed by atoms with Gasteiger partial charge >= 0.3 is 0 Å². The molecule has 1 atom stereocenters. The topological polar surface area (TPSA) is 44.7 Å². The van der Waals surface area contributed by atoms with Crippen molar-refractivity contribution in [3.63, 3.8) is 0 Å². The van der Waals surface area contributed by atoms with Gasteiger partial charge in [0.2, 0.25) is 0 Å².